The van der Waals surface area contributed by atoms with Crippen molar-refractivity contribution < 1.29 is 9.90 Å². The van der Waals surface area contributed by atoms with Gasteiger partial charge in [-0.25, -0.2) is 0 Å². The lowest BCUT2D eigenvalue weighted by Crippen LogP contribution is -2.47. The van der Waals surface area contributed by atoms with E-state index in [0.717, 1.165) is 5.56 Å². The number of carbonyl (C=O) groups excluding carboxylic acids is 1. The van der Waals surface area contributed by atoms with E-state index in [9.17, 15) is 4.79 Å². The summed E-state index contributed by atoms with van der Waals surface area (Å²) >= 11 is 0. The van der Waals surface area contributed by atoms with Crippen LogP contribution in [0.2, 0.25) is 0 Å². The van der Waals surface area contributed by atoms with Crippen molar-refractivity contribution in [2.24, 2.45) is 11.7 Å². The van der Waals surface area contributed by atoms with Crippen LogP contribution in [-0.4, -0.2) is 23.1 Å². The molecule has 0 spiro atoms. The van der Waals surface area contributed by atoms with E-state index in [4.69, 9.17) is 10.8 Å². The fourth-order valence-corrected chi connectivity index (χ4v) is 1.48. The molecule has 0 saturated heterocycles. The highest BCUT2D eigenvalue weighted by atomic mass is 16.3. The molecule has 0 aliphatic heterocycles. The molecule has 100 valence electrons. The summed E-state index contributed by atoms with van der Waals surface area (Å²) in [5.41, 5.74) is 6.80. The average Bonchev–Trinajstić information content (AvgIpc) is 2.31. The van der Waals surface area contributed by atoms with Gasteiger partial charge < -0.3 is 16.2 Å². The molecule has 0 aliphatic rings. The molecule has 0 radical (unpaired) electrons. The minimum absolute atomic E-state index is 0.114. The summed E-state index contributed by atoms with van der Waals surface area (Å²) < 4.78 is 0. The maximum Gasteiger partial charge on any atom is 0.237 e. The van der Waals surface area contributed by atoms with E-state index in [-0.39, 0.29) is 17.7 Å². The molecule has 0 saturated carbocycles. The van der Waals surface area contributed by atoms with Crippen LogP contribution in [0.3, 0.4) is 0 Å². The number of hydrogen-bond donors (Lipinski definition) is 3. The third kappa shape index (κ3) is 4.37. The number of nitrogens with two attached hydrogens (primary N) is 1. The van der Waals surface area contributed by atoms with Gasteiger partial charge in [-0.15, -0.1) is 0 Å². The van der Waals surface area contributed by atoms with Crippen LogP contribution in [0.5, 0.6) is 5.75 Å². The van der Waals surface area contributed by atoms with Gasteiger partial charge >= 0.3 is 0 Å². The third-order valence-electron chi connectivity index (χ3n) is 3.10. The molecular formula is C14H22N2O2. The van der Waals surface area contributed by atoms with Gasteiger partial charge in [0, 0.05) is 6.04 Å². The molecule has 2 atom stereocenters. The summed E-state index contributed by atoms with van der Waals surface area (Å²) in [7, 11) is 0. The summed E-state index contributed by atoms with van der Waals surface area (Å²) in [5.74, 6) is 0.462. The number of rotatable bonds is 5. The van der Waals surface area contributed by atoms with Crippen LogP contribution < -0.4 is 11.1 Å². The van der Waals surface area contributed by atoms with Gasteiger partial charge in [0.25, 0.3) is 0 Å². The molecule has 0 fully saturated rings. The standard InChI is InChI=1S/C14H22N2O2/c1-9(2)10(3)16-14(18)13(15)8-11-4-6-12(17)7-5-11/h4-7,9-10,13,17H,8,15H2,1-3H3,(H,16,18). The molecule has 0 aliphatic carbocycles. The van der Waals surface area contributed by atoms with Crippen molar-refractivity contribution >= 4 is 5.91 Å². The first-order chi connectivity index (χ1) is 8.40. The summed E-state index contributed by atoms with van der Waals surface area (Å²) in [6.07, 6.45) is 0.469. The monoisotopic (exact) mass is 250 g/mol. The van der Waals surface area contributed by atoms with Gasteiger partial charge in [0.05, 0.1) is 6.04 Å². The summed E-state index contributed by atoms with van der Waals surface area (Å²) in [6, 6.07) is 6.29. The first kappa shape index (κ1) is 14.5. The Hall–Kier alpha value is -1.55. The highest BCUT2D eigenvalue weighted by molar-refractivity contribution is 5.82. The highest BCUT2D eigenvalue weighted by Crippen LogP contribution is 2.11. The van der Waals surface area contributed by atoms with Crippen LogP contribution in [0, 0.1) is 5.92 Å². The Morgan fingerprint density at radius 1 is 1.28 bits per heavy atom. The number of aromatic hydroxyl groups is 1. The molecule has 1 amide bonds. The van der Waals surface area contributed by atoms with Gasteiger partial charge in [0.2, 0.25) is 5.91 Å². The molecule has 0 aromatic heterocycles. The Morgan fingerprint density at radius 2 is 1.83 bits per heavy atom. The van der Waals surface area contributed by atoms with E-state index >= 15 is 0 Å². The molecule has 1 aromatic carbocycles. The third-order valence-corrected chi connectivity index (χ3v) is 3.10. The summed E-state index contributed by atoms with van der Waals surface area (Å²) in [4.78, 5) is 11.8. The minimum Gasteiger partial charge on any atom is -0.508 e. The quantitative estimate of drug-likeness (QED) is 0.740. The number of carbonyl (C=O) groups is 1. The average molecular weight is 250 g/mol. The van der Waals surface area contributed by atoms with Crippen molar-refractivity contribution in [2.45, 2.75) is 39.3 Å². The maximum atomic E-state index is 11.8. The van der Waals surface area contributed by atoms with E-state index in [0.29, 0.717) is 12.3 Å². The predicted molar refractivity (Wildman–Crippen MR) is 72.2 cm³/mol. The van der Waals surface area contributed by atoms with Crippen LogP contribution in [0.1, 0.15) is 26.3 Å². The zero-order valence-electron chi connectivity index (χ0n) is 11.2. The summed E-state index contributed by atoms with van der Waals surface area (Å²) in [6.45, 7) is 6.07. The molecular weight excluding hydrogens is 228 g/mol. The Labute approximate surface area is 108 Å². The van der Waals surface area contributed by atoms with E-state index in [1.54, 1.807) is 24.3 Å². The Bertz CT molecular complexity index is 387. The first-order valence-electron chi connectivity index (χ1n) is 6.24. The minimum atomic E-state index is -0.559. The van der Waals surface area contributed by atoms with Crippen LogP contribution in [0.15, 0.2) is 24.3 Å². The van der Waals surface area contributed by atoms with Gasteiger partial charge in [-0.2, -0.15) is 0 Å². The van der Waals surface area contributed by atoms with Crippen molar-refractivity contribution in [3.05, 3.63) is 29.8 Å². The van der Waals surface area contributed by atoms with E-state index in [1.807, 2.05) is 6.92 Å². The molecule has 1 rings (SSSR count). The zero-order chi connectivity index (χ0) is 13.7. The topological polar surface area (TPSA) is 75.4 Å². The van der Waals surface area contributed by atoms with Crippen LogP contribution >= 0.6 is 0 Å². The number of hydrogen-bond acceptors (Lipinski definition) is 3. The van der Waals surface area contributed by atoms with Gasteiger partial charge in [0.1, 0.15) is 5.75 Å². The molecule has 1 aromatic rings. The SMILES string of the molecule is CC(C)C(C)NC(=O)C(N)Cc1ccc(O)cc1. The zero-order valence-corrected chi connectivity index (χ0v) is 11.2. The number of amides is 1. The van der Waals surface area contributed by atoms with E-state index < -0.39 is 6.04 Å². The number of phenols is 1. The van der Waals surface area contributed by atoms with Crippen molar-refractivity contribution in [1.82, 2.24) is 5.32 Å². The fourth-order valence-electron chi connectivity index (χ4n) is 1.48. The van der Waals surface area contributed by atoms with Gasteiger partial charge in [-0.1, -0.05) is 26.0 Å². The predicted octanol–water partition coefficient (Wildman–Crippen LogP) is 1.42. The van der Waals surface area contributed by atoms with E-state index in [2.05, 4.69) is 19.2 Å². The summed E-state index contributed by atoms with van der Waals surface area (Å²) in [5, 5.41) is 12.1. The fraction of sp³-hybridized carbons (Fsp3) is 0.500. The molecule has 4 nitrogen and oxygen atoms in total. The molecule has 0 bridgehead atoms. The van der Waals surface area contributed by atoms with Crippen molar-refractivity contribution in [3.8, 4) is 5.75 Å². The molecule has 18 heavy (non-hydrogen) atoms. The second kappa shape index (κ2) is 6.40. The van der Waals surface area contributed by atoms with Crippen molar-refractivity contribution in [1.29, 1.82) is 0 Å². The number of benzene rings is 1. The normalized spacial score (nSPS) is 14.3. The Balaban J connectivity index is 2.52. The molecule has 2 unspecified atom stereocenters. The second-order valence-corrected chi connectivity index (χ2v) is 5.02. The largest absolute Gasteiger partial charge is 0.508 e. The van der Waals surface area contributed by atoms with Gasteiger partial charge in [0.15, 0.2) is 0 Å². The van der Waals surface area contributed by atoms with Crippen molar-refractivity contribution in [2.75, 3.05) is 0 Å². The number of phenolic OH excluding ortho intramolecular Hbond substituents is 1. The van der Waals surface area contributed by atoms with Crippen LogP contribution in [0.25, 0.3) is 0 Å². The Kier molecular flexibility index (Phi) is 5.16. The Morgan fingerprint density at radius 3 is 2.33 bits per heavy atom. The van der Waals surface area contributed by atoms with Gasteiger partial charge in [-0.05, 0) is 37.0 Å². The molecule has 4 N–H and O–H groups in total. The highest BCUT2D eigenvalue weighted by Gasteiger charge is 2.17. The van der Waals surface area contributed by atoms with Crippen molar-refractivity contribution in [3.63, 3.8) is 0 Å². The maximum absolute atomic E-state index is 11.8. The van der Waals surface area contributed by atoms with Crippen LogP contribution in [-0.2, 0) is 11.2 Å². The molecule has 0 heterocycles. The smallest absolute Gasteiger partial charge is 0.237 e. The lowest BCUT2D eigenvalue weighted by molar-refractivity contribution is -0.123. The lowest BCUT2D eigenvalue weighted by Gasteiger charge is -2.20. The second-order valence-electron chi connectivity index (χ2n) is 5.02. The number of nitrogens with one attached hydrogen (secondary N) is 1. The van der Waals surface area contributed by atoms with E-state index in [1.165, 1.54) is 0 Å². The van der Waals surface area contributed by atoms with Gasteiger partial charge in [-0.3, -0.25) is 4.79 Å². The lowest BCUT2D eigenvalue weighted by atomic mass is 10.0. The van der Waals surface area contributed by atoms with Crippen LogP contribution in [0.4, 0.5) is 0 Å². The molecule has 4 heteroatoms. The first-order valence-corrected chi connectivity index (χ1v) is 6.24.